The highest BCUT2D eigenvalue weighted by Gasteiger charge is 2.29. The average Bonchev–Trinajstić information content (AvgIpc) is 3.39. The van der Waals surface area contributed by atoms with E-state index in [1.165, 1.54) is 12.8 Å². The van der Waals surface area contributed by atoms with E-state index in [0.29, 0.717) is 18.9 Å². The van der Waals surface area contributed by atoms with E-state index in [4.69, 9.17) is 0 Å². The third kappa shape index (κ3) is 5.98. The van der Waals surface area contributed by atoms with Crippen LogP contribution in [0.3, 0.4) is 0 Å². The second-order valence-corrected chi connectivity index (χ2v) is 9.08. The maximum Gasteiger partial charge on any atom is 0.225 e. The number of hydrogen-bond acceptors (Lipinski definition) is 3. The van der Waals surface area contributed by atoms with Crippen LogP contribution in [0.1, 0.15) is 49.1 Å². The molecule has 0 atom stereocenters. The van der Waals surface area contributed by atoms with Crippen molar-refractivity contribution in [3.05, 3.63) is 71.8 Å². The van der Waals surface area contributed by atoms with Gasteiger partial charge < -0.3 is 10.2 Å². The molecule has 1 aliphatic carbocycles. The Morgan fingerprint density at radius 1 is 0.844 bits per heavy atom. The van der Waals surface area contributed by atoms with E-state index in [1.807, 2.05) is 36.4 Å². The summed E-state index contributed by atoms with van der Waals surface area (Å²) in [6, 6.07) is 20.5. The summed E-state index contributed by atoms with van der Waals surface area (Å²) in [6.07, 6.45) is 4.98. The Morgan fingerprint density at radius 2 is 1.41 bits per heavy atom. The van der Waals surface area contributed by atoms with E-state index in [0.717, 1.165) is 56.7 Å². The first-order chi connectivity index (χ1) is 15.7. The third-order valence-corrected chi connectivity index (χ3v) is 6.93. The van der Waals surface area contributed by atoms with Gasteiger partial charge in [0.15, 0.2) is 0 Å². The largest absolute Gasteiger partial charge is 0.355 e. The van der Waals surface area contributed by atoms with E-state index in [-0.39, 0.29) is 17.7 Å². The number of piperazine rings is 1. The molecule has 2 fully saturated rings. The summed E-state index contributed by atoms with van der Waals surface area (Å²) in [5.74, 6) is 0.770. The highest BCUT2D eigenvalue weighted by Crippen LogP contribution is 2.28. The van der Waals surface area contributed by atoms with Crippen LogP contribution < -0.4 is 5.32 Å². The van der Waals surface area contributed by atoms with Gasteiger partial charge in [0.1, 0.15) is 0 Å². The first kappa shape index (κ1) is 22.5. The quantitative estimate of drug-likeness (QED) is 0.691. The smallest absolute Gasteiger partial charge is 0.225 e. The van der Waals surface area contributed by atoms with E-state index < -0.39 is 0 Å². The number of nitrogens with zero attached hydrogens (tertiary/aromatic N) is 2. The molecule has 4 rings (SSSR count). The first-order valence-electron chi connectivity index (χ1n) is 12.1. The molecule has 5 nitrogen and oxygen atoms in total. The van der Waals surface area contributed by atoms with E-state index in [1.54, 1.807) is 0 Å². The molecule has 1 N–H and O–H groups in total. The van der Waals surface area contributed by atoms with E-state index in [2.05, 4.69) is 39.4 Å². The normalized spacial score (nSPS) is 17.6. The molecule has 1 heterocycles. The maximum atomic E-state index is 12.7. The fourth-order valence-corrected chi connectivity index (χ4v) is 5.03. The zero-order chi connectivity index (χ0) is 22.2. The van der Waals surface area contributed by atoms with Crippen molar-refractivity contribution in [3.63, 3.8) is 0 Å². The van der Waals surface area contributed by atoms with Gasteiger partial charge in [0, 0.05) is 57.5 Å². The second-order valence-electron chi connectivity index (χ2n) is 9.08. The number of rotatable bonds is 8. The lowest BCUT2D eigenvalue weighted by Gasteiger charge is -2.36. The Balaban J connectivity index is 1.22. The van der Waals surface area contributed by atoms with Crippen molar-refractivity contribution in [1.29, 1.82) is 0 Å². The Morgan fingerprint density at radius 3 is 1.97 bits per heavy atom. The molecule has 2 aromatic rings. The molecule has 0 bridgehead atoms. The minimum Gasteiger partial charge on any atom is -0.355 e. The first-order valence-corrected chi connectivity index (χ1v) is 12.1. The van der Waals surface area contributed by atoms with E-state index in [9.17, 15) is 9.59 Å². The Hall–Kier alpha value is -2.66. The second kappa shape index (κ2) is 11.3. The SMILES string of the molecule is O=C(CC(c1ccccc1)c1ccccc1)NCCN1CCN(C(=O)C2CCCC2)CC1. The molecule has 2 amide bonds. The molecule has 2 aliphatic rings. The summed E-state index contributed by atoms with van der Waals surface area (Å²) in [6.45, 7) is 4.89. The van der Waals surface area contributed by atoms with Crippen molar-refractivity contribution in [2.45, 2.75) is 38.0 Å². The fourth-order valence-electron chi connectivity index (χ4n) is 5.03. The van der Waals surface area contributed by atoms with Gasteiger partial charge in [0.05, 0.1) is 0 Å². The predicted molar refractivity (Wildman–Crippen MR) is 127 cm³/mol. The zero-order valence-electron chi connectivity index (χ0n) is 18.9. The topological polar surface area (TPSA) is 52.7 Å². The lowest BCUT2D eigenvalue weighted by atomic mass is 9.88. The van der Waals surface area contributed by atoms with Crippen molar-refractivity contribution in [1.82, 2.24) is 15.1 Å². The Kier molecular flexibility index (Phi) is 7.94. The van der Waals surface area contributed by atoms with Gasteiger partial charge >= 0.3 is 0 Å². The summed E-state index contributed by atoms with van der Waals surface area (Å²) >= 11 is 0. The van der Waals surface area contributed by atoms with Gasteiger partial charge in [-0.3, -0.25) is 14.5 Å². The molecule has 1 saturated heterocycles. The summed E-state index contributed by atoms with van der Waals surface area (Å²) in [4.78, 5) is 29.7. The van der Waals surface area contributed by atoms with Gasteiger partial charge in [0.2, 0.25) is 11.8 Å². The van der Waals surface area contributed by atoms with Gasteiger partial charge in [0.25, 0.3) is 0 Å². The van der Waals surface area contributed by atoms with Crippen LogP contribution in [0.15, 0.2) is 60.7 Å². The van der Waals surface area contributed by atoms with Gasteiger partial charge in [-0.1, -0.05) is 73.5 Å². The van der Waals surface area contributed by atoms with Crippen LogP contribution in [0.5, 0.6) is 0 Å². The number of carbonyl (C=O) groups is 2. The van der Waals surface area contributed by atoms with Crippen LogP contribution in [0.25, 0.3) is 0 Å². The van der Waals surface area contributed by atoms with Crippen molar-refractivity contribution >= 4 is 11.8 Å². The standard InChI is InChI=1S/C27H35N3O2/c31-26(21-25(22-9-3-1-4-10-22)23-11-5-2-6-12-23)28-15-16-29-17-19-30(20-18-29)27(32)24-13-7-8-14-24/h1-6,9-12,24-25H,7-8,13-21H2,(H,28,31). The minimum absolute atomic E-state index is 0.0579. The van der Waals surface area contributed by atoms with Crippen LogP contribution in [-0.4, -0.2) is 60.9 Å². The van der Waals surface area contributed by atoms with Crippen molar-refractivity contribution in [2.24, 2.45) is 5.92 Å². The van der Waals surface area contributed by atoms with Gasteiger partial charge in [-0.15, -0.1) is 0 Å². The average molecular weight is 434 g/mol. The summed E-state index contributed by atoms with van der Waals surface area (Å²) in [5.41, 5.74) is 2.33. The molecular formula is C27H35N3O2. The molecular weight excluding hydrogens is 398 g/mol. The summed E-state index contributed by atoms with van der Waals surface area (Å²) in [7, 11) is 0. The molecule has 1 saturated carbocycles. The molecule has 0 unspecified atom stereocenters. The molecule has 2 aromatic carbocycles. The highest BCUT2D eigenvalue weighted by molar-refractivity contribution is 5.79. The zero-order valence-corrected chi connectivity index (χ0v) is 18.9. The van der Waals surface area contributed by atoms with Crippen molar-refractivity contribution < 1.29 is 9.59 Å². The van der Waals surface area contributed by atoms with Gasteiger partial charge in [-0.25, -0.2) is 0 Å². The number of benzene rings is 2. The lowest BCUT2D eigenvalue weighted by molar-refractivity contribution is -0.137. The maximum absolute atomic E-state index is 12.7. The van der Waals surface area contributed by atoms with E-state index >= 15 is 0 Å². The summed E-state index contributed by atoms with van der Waals surface area (Å²) < 4.78 is 0. The molecule has 1 aliphatic heterocycles. The molecule has 170 valence electrons. The minimum atomic E-state index is 0.0579. The van der Waals surface area contributed by atoms with Gasteiger partial charge in [-0.05, 0) is 24.0 Å². The molecule has 0 radical (unpaired) electrons. The number of nitrogens with one attached hydrogen (secondary N) is 1. The predicted octanol–water partition coefficient (Wildman–Crippen LogP) is 3.66. The van der Waals surface area contributed by atoms with Crippen LogP contribution in [0.2, 0.25) is 0 Å². The Bertz CT molecular complexity index is 817. The fraction of sp³-hybridized carbons (Fsp3) is 0.481. The van der Waals surface area contributed by atoms with Gasteiger partial charge in [-0.2, -0.15) is 0 Å². The lowest BCUT2D eigenvalue weighted by Crippen LogP contribution is -2.51. The van der Waals surface area contributed by atoms with Crippen molar-refractivity contribution in [3.8, 4) is 0 Å². The number of amides is 2. The van der Waals surface area contributed by atoms with Crippen LogP contribution in [-0.2, 0) is 9.59 Å². The number of hydrogen-bond donors (Lipinski definition) is 1. The van der Waals surface area contributed by atoms with Crippen LogP contribution >= 0.6 is 0 Å². The molecule has 32 heavy (non-hydrogen) atoms. The summed E-state index contributed by atoms with van der Waals surface area (Å²) in [5, 5.41) is 3.12. The van der Waals surface area contributed by atoms with Crippen LogP contribution in [0, 0.1) is 5.92 Å². The van der Waals surface area contributed by atoms with Crippen LogP contribution in [0.4, 0.5) is 0 Å². The monoisotopic (exact) mass is 433 g/mol. The molecule has 0 spiro atoms. The molecule has 0 aromatic heterocycles. The molecule has 5 heteroatoms. The number of carbonyl (C=O) groups excluding carboxylic acids is 2. The van der Waals surface area contributed by atoms with Crippen molar-refractivity contribution in [2.75, 3.05) is 39.3 Å². The third-order valence-electron chi connectivity index (χ3n) is 6.93. The highest BCUT2D eigenvalue weighted by atomic mass is 16.2. The Labute approximate surface area is 191 Å².